The molecule has 1 rings (SSSR count). The topological polar surface area (TPSA) is 78.4 Å². The van der Waals surface area contributed by atoms with E-state index in [2.05, 4.69) is 10.6 Å². The summed E-state index contributed by atoms with van der Waals surface area (Å²) in [4.78, 5) is 22.5. The predicted molar refractivity (Wildman–Crippen MR) is 60.1 cm³/mol. The molecule has 0 radical (unpaired) electrons. The third-order valence-corrected chi connectivity index (χ3v) is 2.90. The molecule has 0 spiro atoms. The molecule has 0 unspecified atom stereocenters. The summed E-state index contributed by atoms with van der Waals surface area (Å²) in [5.74, 6) is -1.10. The molecule has 92 valence electrons. The molecule has 5 heteroatoms. The first kappa shape index (κ1) is 13.0. The lowest BCUT2D eigenvalue weighted by atomic mass is 9.76. The molecule has 0 heterocycles. The molecule has 1 amide bonds. The number of hydrogen-bond acceptors (Lipinski definition) is 3. The molecule has 1 saturated carbocycles. The minimum Gasteiger partial charge on any atom is -0.480 e. The molecule has 0 aromatic rings. The van der Waals surface area contributed by atoms with Gasteiger partial charge in [0.1, 0.15) is 5.54 Å². The minimum absolute atomic E-state index is 0.185. The van der Waals surface area contributed by atoms with Gasteiger partial charge in [-0.15, -0.1) is 0 Å². The fourth-order valence-electron chi connectivity index (χ4n) is 1.73. The molecule has 0 atom stereocenters. The highest BCUT2D eigenvalue weighted by atomic mass is 16.4. The molecular formula is C11H20N2O3. The highest BCUT2D eigenvalue weighted by Crippen LogP contribution is 2.31. The number of rotatable bonds is 6. The lowest BCUT2D eigenvalue weighted by Gasteiger charge is -2.38. The Morgan fingerprint density at radius 3 is 2.38 bits per heavy atom. The van der Waals surface area contributed by atoms with Crippen LogP contribution in [0.4, 0.5) is 0 Å². The summed E-state index contributed by atoms with van der Waals surface area (Å²) in [6.45, 7) is 4.59. The van der Waals surface area contributed by atoms with Crippen molar-refractivity contribution in [2.45, 2.75) is 51.1 Å². The minimum atomic E-state index is -0.977. The largest absolute Gasteiger partial charge is 0.480 e. The molecule has 0 aliphatic heterocycles. The van der Waals surface area contributed by atoms with Crippen LogP contribution in [0.2, 0.25) is 0 Å². The molecule has 16 heavy (non-hydrogen) atoms. The monoisotopic (exact) mass is 228 g/mol. The summed E-state index contributed by atoms with van der Waals surface area (Å²) in [7, 11) is 0. The second kappa shape index (κ2) is 5.30. The lowest BCUT2D eigenvalue weighted by Crippen LogP contribution is -2.59. The van der Waals surface area contributed by atoms with E-state index in [9.17, 15) is 9.59 Å². The van der Waals surface area contributed by atoms with E-state index in [4.69, 9.17) is 5.11 Å². The van der Waals surface area contributed by atoms with Gasteiger partial charge in [0.2, 0.25) is 5.91 Å². The van der Waals surface area contributed by atoms with Crippen molar-refractivity contribution in [3.05, 3.63) is 0 Å². The van der Waals surface area contributed by atoms with Crippen LogP contribution in [-0.4, -0.2) is 35.1 Å². The third kappa shape index (κ3) is 3.20. The van der Waals surface area contributed by atoms with Crippen molar-refractivity contribution in [2.24, 2.45) is 0 Å². The summed E-state index contributed by atoms with van der Waals surface area (Å²) >= 11 is 0. The molecule has 0 aromatic carbocycles. The van der Waals surface area contributed by atoms with Crippen molar-refractivity contribution in [3.8, 4) is 0 Å². The average Bonchev–Trinajstić information content (AvgIpc) is 2.10. The maximum atomic E-state index is 11.5. The Labute approximate surface area is 95.6 Å². The lowest BCUT2D eigenvalue weighted by molar-refractivity contribution is -0.151. The summed E-state index contributed by atoms with van der Waals surface area (Å²) in [6.07, 6.45) is 2.29. The predicted octanol–water partition coefficient (Wildman–Crippen LogP) is 0.498. The number of carbonyl (C=O) groups is 2. The number of amides is 1. The maximum absolute atomic E-state index is 11.5. The smallest absolute Gasteiger partial charge is 0.329 e. The average molecular weight is 228 g/mol. The van der Waals surface area contributed by atoms with E-state index in [0.717, 1.165) is 6.42 Å². The van der Waals surface area contributed by atoms with Crippen LogP contribution in [0.25, 0.3) is 0 Å². The molecule has 0 saturated heterocycles. The Balaban J connectivity index is 2.30. The van der Waals surface area contributed by atoms with Crippen molar-refractivity contribution in [2.75, 3.05) is 6.54 Å². The highest BCUT2D eigenvalue weighted by molar-refractivity contribution is 5.87. The summed E-state index contributed by atoms with van der Waals surface area (Å²) in [6, 6.07) is 0.338. The van der Waals surface area contributed by atoms with Gasteiger partial charge in [-0.3, -0.25) is 4.79 Å². The second-order valence-corrected chi connectivity index (χ2v) is 4.65. The van der Waals surface area contributed by atoms with Gasteiger partial charge in [-0.1, -0.05) is 13.8 Å². The van der Waals surface area contributed by atoms with Crippen LogP contribution < -0.4 is 10.6 Å². The first-order valence-corrected chi connectivity index (χ1v) is 5.74. The van der Waals surface area contributed by atoms with Crippen molar-refractivity contribution >= 4 is 11.9 Å². The van der Waals surface area contributed by atoms with Crippen LogP contribution in [0.15, 0.2) is 0 Å². The van der Waals surface area contributed by atoms with E-state index in [1.54, 1.807) is 0 Å². The van der Waals surface area contributed by atoms with Gasteiger partial charge >= 0.3 is 5.97 Å². The highest BCUT2D eigenvalue weighted by Gasteiger charge is 2.45. The summed E-state index contributed by atoms with van der Waals surface area (Å²) < 4.78 is 0. The van der Waals surface area contributed by atoms with Crippen molar-refractivity contribution in [1.29, 1.82) is 0 Å². The first-order valence-electron chi connectivity index (χ1n) is 5.74. The molecule has 1 fully saturated rings. The zero-order chi connectivity index (χ0) is 12.2. The van der Waals surface area contributed by atoms with Gasteiger partial charge in [0.25, 0.3) is 0 Å². The van der Waals surface area contributed by atoms with Crippen LogP contribution in [0.3, 0.4) is 0 Å². The Morgan fingerprint density at radius 1 is 1.38 bits per heavy atom. The third-order valence-electron chi connectivity index (χ3n) is 2.90. The van der Waals surface area contributed by atoms with Crippen molar-refractivity contribution in [3.63, 3.8) is 0 Å². The van der Waals surface area contributed by atoms with Gasteiger partial charge in [-0.05, 0) is 19.3 Å². The number of carboxylic acids is 1. The van der Waals surface area contributed by atoms with E-state index in [1.807, 2.05) is 13.8 Å². The van der Waals surface area contributed by atoms with Gasteiger partial charge in [0.05, 0.1) is 0 Å². The fraction of sp³-hybridized carbons (Fsp3) is 0.818. The molecule has 5 nitrogen and oxygen atoms in total. The number of nitrogens with one attached hydrogen (secondary N) is 2. The van der Waals surface area contributed by atoms with Gasteiger partial charge < -0.3 is 15.7 Å². The van der Waals surface area contributed by atoms with Gasteiger partial charge in [0.15, 0.2) is 0 Å². The maximum Gasteiger partial charge on any atom is 0.329 e. The Morgan fingerprint density at radius 2 is 2.00 bits per heavy atom. The van der Waals surface area contributed by atoms with Crippen LogP contribution in [-0.2, 0) is 9.59 Å². The molecule has 0 bridgehead atoms. The van der Waals surface area contributed by atoms with Gasteiger partial charge in [-0.2, -0.15) is 0 Å². The van der Waals surface area contributed by atoms with Crippen LogP contribution in [0.5, 0.6) is 0 Å². The molecule has 1 aliphatic carbocycles. The van der Waals surface area contributed by atoms with E-state index >= 15 is 0 Å². The fourth-order valence-corrected chi connectivity index (χ4v) is 1.73. The molecular weight excluding hydrogens is 208 g/mol. The second-order valence-electron chi connectivity index (χ2n) is 4.65. The van der Waals surface area contributed by atoms with Crippen molar-refractivity contribution < 1.29 is 14.7 Å². The zero-order valence-electron chi connectivity index (χ0n) is 9.88. The molecule has 1 aliphatic rings. The Kier molecular flexibility index (Phi) is 4.29. The quantitative estimate of drug-likeness (QED) is 0.618. The normalized spacial score (nSPS) is 17.9. The Hall–Kier alpha value is -1.10. The molecule has 0 aromatic heterocycles. The van der Waals surface area contributed by atoms with Crippen LogP contribution in [0, 0.1) is 0 Å². The van der Waals surface area contributed by atoms with E-state index in [-0.39, 0.29) is 5.91 Å². The van der Waals surface area contributed by atoms with E-state index in [1.165, 1.54) is 0 Å². The SMILES string of the molecule is CC(C)NCCC(=O)NC1(C(=O)O)CCC1. The van der Waals surface area contributed by atoms with Crippen molar-refractivity contribution in [1.82, 2.24) is 10.6 Å². The number of carboxylic acid groups (broad SMARTS) is 1. The number of hydrogen-bond donors (Lipinski definition) is 3. The van der Waals surface area contributed by atoms with Gasteiger partial charge in [-0.25, -0.2) is 4.79 Å². The number of aliphatic carboxylic acids is 1. The van der Waals surface area contributed by atoms with E-state index in [0.29, 0.717) is 31.8 Å². The van der Waals surface area contributed by atoms with Crippen LogP contribution in [0.1, 0.15) is 39.5 Å². The van der Waals surface area contributed by atoms with Gasteiger partial charge in [0, 0.05) is 19.0 Å². The first-order chi connectivity index (χ1) is 7.46. The number of carbonyl (C=O) groups excluding carboxylic acids is 1. The van der Waals surface area contributed by atoms with Crippen LogP contribution >= 0.6 is 0 Å². The molecule has 3 N–H and O–H groups in total. The zero-order valence-corrected chi connectivity index (χ0v) is 9.88. The van der Waals surface area contributed by atoms with E-state index < -0.39 is 11.5 Å². The summed E-state index contributed by atoms with van der Waals surface area (Å²) in [5, 5.41) is 14.8. The standard InChI is InChI=1S/C11H20N2O3/c1-8(2)12-7-4-9(14)13-11(10(15)16)5-3-6-11/h8,12H,3-7H2,1-2H3,(H,13,14)(H,15,16). The summed E-state index contributed by atoms with van der Waals surface area (Å²) in [5.41, 5.74) is -0.977. The Bertz CT molecular complexity index is 272.